The summed E-state index contributed by atoms with van der Waals surface area (Å²) in [5, 5.41) is 16.4. The third-order valence-electron chi connectivity index (χ3n) is 4.90. The smallest absolute Gasteiger partial charge is 0.408 e. The van der Waals surface area contributed by atoms with Crippen LogP contribution in [0.1, 0.15) is 71.6 Å². The standard InChI is InChI=1S/C25H41N3O5S/c1-9-14-28(23(31)19(13-15-34-8)27-24(32)33-25(5,6)7)20(22(30)26-16(2)3)18-12-10-11-17(4)21(18)29/h10-12,16,19-20,29H,9,13-15H2,1-8H3,(H,26,30)(H,27,32). The largest absolute Gasteiger partial charge is 0.507 e. The number of carbonyl (C=O) groups excluding carboxylic acids is 3. The van der Waals surface area contributed by atoms with Crippen molar-refractivity contribution in [2.75, 3.05) is 18.6 Å². The molecule has 3 N–H and O–H groups in total. The van der Waals surface area contributed by atoms with Gasteiger partial charge in [-0.15, -0.1) is 0 Å². The summed E-state index contributed by atoms with van der Waals surface area (Å²) >= 11 is 1.55. The Morgan fingerprint density at radius 3 is 2.35 bits per heavy atom. The Morgan fingerprint density at radius 2 is 1.82 bits per heavy atom. The van der Waals surface area contributed by atoms with Crippen molar-refractivity contribution in [1.82, 2.24) is 15.5 Å². The molecule has 3 amide bonds. The zero-order chi connectivity index (χ0) is 26.1. The van der Waals surface area contributed by atoms with Gasteiger partial charge in [-0.2, -0.15) is 11.8 Å². The molecule has 0 saturated carbocycles. The van der Waals surface area contributed by atoms with Gasteiger partial charge in [-0.25, -0.2) is 4.79 Å². The Labute approximate surface area is 208 Å². The molecule has 1 aromatic carbocycles. The molecule has 1 rings (SSSR count). The van der Waals surface area contributed by atoms with Gasteiger partial charge in [-0.1, -0.05) is 25.1 Å². The van der Waals surface area contributed by atoms with Crippen LogP contribution in [0, 0.1) is 6.92 Å². The van der Waals surface area contributed by atoms with Gasteiger partial charge in [0.05, 0.1) is 0 Å². The zero-order valence-corrected chi connectivity index (χ0v) is 22.5. The summed E-state index contributed by atoms with van der Waals surface area (Å²) in [7, 11) is 0. The number of rotatable bonds is 11. The number of phenols is 1. The molecule has 2 unspecified atom stereocenters. The number of para-hydroxylation sites is 1. The molecule has 0 radical (unpaired) electrons. The fraction of sp³-hybridized carbons (Fsp3) is 0.640. The number of carbonyl (C=O) groups is 3. The van der Waals surface area contributed by atoms with E-state index in [2.05, 4.69) is 10.6 Å². The fourth-order valence-electron chi connectivity index (χ4n) is 3.47. The first-order chi connectivity index (χ1) is 15.8. The molecule has 9 heteroatoms. The molecule has 0 heterocycles. The van der Waals surface area contributed by atoms with Crippen LogP contribution in [0.4, 0.5) is 4.79 Å². The highest BCUT2D eigenvalue weighted by atomic mass is 32.2. The number of ether oxygens (including phenoxy) is 1. The Hall–Kier alpha value is -2.42. The Balaban J connectivity index is 3.46. The van der Waals surface area contributed by atoms with Crippen LogP contribution in [0.2, 0.25) is 0 Å². The molecule has 0 fully saturated rings. The van der Waals surface area contributed by atoms with Crippen molar-refractivity contribution in [2.24, 2.45) is 0 Å². The number of nitrogens with one attached hydrogen (secondary N) is 2. The first-order valence-corrected chi connectivity index (χ1v) is 13.1. The normalized spacial score (nSPS) is 13.2. The predicted octanol–water partition coefficient (Wildman–Crippen LogP) is 4.15. The molecule has 0 aromatic heterocycles. The monoisotopic (exact) mass is 495 g/mol. The van der Waals surface area contributed by atoms with E-state index >= 15 is 0 Å². The maximum Gasteiger partial charge on any atom is 0.408 e. The predicted molar refractivity (Wildman–Crippen MR) is 137 cm³/mol. The summed E-state index contributed by atoms with van der Waals surface area (Å²) in [6, 6.07) is 3.06. The second kappa shape index (κ2) is 13.5. The maximum absolute atomic E-state index is 13.8. The molecular weight excluding hydrogens is 454 g/mol. The topological polar surface area (TPSA) is 108 Å². The van der Waals surface area contributed by atoms with Crippen LogP contribution >= 0.6 is 11.8 Å². The van der Waals surface area contributed by atoms with E-state index in [1.807, 2.05) is 27.0 Å². The SMILES string of the molecule is CCCN(C(=O)C(CCSC)NC(=O)OC(C)(C)C)C(C(=O)NC(C)C)c1cccc(C)c1O. The lowest BCUT2D eigenvalue weighted by molar-refractivity contribution is -0.142. The van der Waals surface area contributed by atoms with Crippen LogP contribution in [0.15, 0.2) is 18.2 Å². The molecule has 0 bridgehead atoms. The third-order valence-corrected chi connectivity index (χ3v) is 5.55. The van der Waals surface area contributed by atoms with Crippen molar-refractivity contribution in [2.45, 2.75) is 85.0 Å². The molecule has 0 spiro atoms. The highest BCUT2D eigenvalue weighted by Gasteiger charge is 2.37. The molecule has 0 saturated heterocycles. The van der Waals surface area contributed by atoms with Crippen LogP contribution in [0.5, 0.6) is 5.75 Å². The number of aryl methyl sites for hydroxylation is 1. The number of hydrogen-bond donors (Lipinski definition) is 3. The van der Waals surface area contributed by atoms with Gasteiger partial charge in [0, 0.05) is 18.2 Å². The molecule has 0 aliphatic rings. The van der Waals surface area contributed by atoms with E-state index in [9.17, 15) is 19.5 Å². The Morgan fingerprint density at radius 1 is 1.18 bits per heavy atom. The van der Waals surface area contributed by atoms with Gasteiger partial charge in [0.15, 0.2) is 0 Å². The van der Waals surface area contributed by atoms with Crippen molar-refractivity contribution >= 4 is 29.7 Å². The lowest BCUT2D eigenvalue weighted by Crippen LogP contribution is -2.53. The number of aromatic hydroxyl groups is 1. The van der Waals surface area contributed by atoms with Crippen LogP contribution in [0.25, 0.3) is 0 Å². The van der Waals surface area contributed by atoms with E-state index in [0.717, 1.165) is 0 Å². The summed E-state index contributed by atoms with van der Waals surface area (Å²) in [5.41, 5.74) is 0.239. The van der Waals surface area contributed by atoms with Crippen LogP contribution in [-0.4, -0.2) is 64.2 Å². The molecule has 0 aliphatic carbocycles. The van der Waals surface area contributed by atoms with Gasteiger partial charge >= 0.3 is 6.09 Å². The molecule has 2 atom stereocenters. The molecular formula is C25H41N3O5S. The first kappa shape index (κ1) is 29.6. The van der Waals surface area contributed by atoms with Crippen molar-refractivity contribution in [3.8, 4) is 5.75 Å². The van der Waals surface area contributed by atoms with Gasteiger partial charge in [0.1, 0.15) is 23.4 Å². The van der Waals surface area contributed by atoms with Crippen molar-refractivity contribution < 1.29 is 24.2 Å². The van der Waals surface area contributed by atoms with Gasteiger partial charge in [0.25, 0.3) is 0 Å². The highest BCUT2D eigenvalue weighted by molar-refractivity contribution is 7.98. The molecule has 1 aromatic rings. The third kappa shape index (κ3) is 9.08. The Kier molecular flexibility index (Phi) is 11.7. The quantitative estimate of drug-likeness (QED) is 0.426. The first-order valence-electron chi connectivity index (χ1n) is 11.7. The zero-order valence-electron chi connectivity index (χ0n) is 21.7. The summed E-state index contributed by atoms with van der Waals surface area (Å²) in [4.78, 5) is 41.1. The van der Waals surface area contributed by atoms with Crippen LogP contribution in [0.3, 0.4) is 0 Å². The minimum Gasteiger partial charge on any atom is -0.507 e. The van der Waals surface area contributed by atoms with Crippen molar-refractivity contribution in [3.05, 3.63) is 29.3 Å². The highest BCUT2D eigenvalue weighted by Crippen LogP contribution is 2.32. The molecule has 192 valence electrons. The minimum absolute atomic E-state index is 0.0268. The van der Waals surface area contributed by atoms with E-state index < -0.39 is 35.6 Å². The number of thioether (sulfide) groups is 1. The maximum atomic E-state index is 13.8. The van der Waals surface area contributed by atoms with Gasteiger partial charge < -0.3 is 25.4 Å². The lowest BCUT2D eigenvalue weighted by Gasteiger charge is -2.35. The van der Waals surface area contributed by atoms with Crippen LogP contribution < -0.4 is 10.6 Å². The number of alkyl carbamates (subject to hydrolysis) is 1. The Bertz CT molecular complexity index is 838. The second-order valence-corrected chi connectivity index (χ2v) is 10.6. The molecule has 8 nitrogen and oxygen atoms in total. The summed E-state index contributed by atoms with van der Waals surface area (Å²) < 4.78 is 5.37. The van der Waals surface area contributed by atoms with E-state index in [0.29, 0.717) is 29.7 Å². The van der Waals surface area contributed by atoms with Crippen LogP contribution in [-0.2, 0) is 14.3 Å². The average Bonchev–Trinajstić information content (AvgIpc) is 2.71. The summed E-state index contributed by atoms with van der Waals surface area (Å²) in [5.74, 6) is -0.184. The number of benzene rings is 1. The summed E-state index contributed by atoms with van der Waals surface area (Å²) in [6.07, 6.45) is 2.19. The van der Waals surface area contributed by atoms with Gasteiger partial charge in [-0.05, 0) is 72.0 Å². The number of amides is 3. The molecule has 34 heavy (non-hydrogen) atoms. The summed E-state index contributed by atoms with van der Waals surface area (Å²) in [6.45, 7) is 12.9. The number of nitrogens with zero attached hydrogens (tertiary/aromatic N) is 1. The fourth-order valence-corrected chi connectivity index (χ4v) is 3.94. The number of phenolic OH excluding ortho intramolecular Hbond substituents is 1. The van der Waals surface area contributed by atoms with E-state index in [1.54, 1.807) is 57.7 Å². The van der Waals surface area contributed by atoms with Crippen molar-refractivity contribution in [3.63, 3.8) is 0 Å². The van der Waals surface area contributed by atoms with E-state index in [-0.39, 0.29) is 18.3 Å². The number of hydrogen-bond acceptors (Lipinski definition) is 6. The lowest BCUT2D eigenvalue weighted by atomic mass is 9.98. The molecule has 0 aliphatic heterocycles. The minimum atomic E-state index is -1.05. The van der Waals surface area contributed by atoms with E-state index in [1.165, 1.54) is 4.90 Å². The average molecular weight is 496 g/mol. The van der Waals surface area contributed by atoms with Crippen molar-refractivity contribution in [1.29, 1.82) is 0 Å². The van der Waals surface area contributed by atoms with Gasteiger partial charge in [0.2, 0.25) is 11.8 Å². The second-order valence-electron chi connectivity index (χ2n) is 9.59. The van der Waals surface area contributed by atoms with E-state index in [4.69, 9.17) is 4.74 Å². The van der Waals surface area contributed by atoms with Gasteiger partial charge in [-0.3, -0.25) is 9.59 Å².